The molecule has 30 heavy (non-hydrogen) atoms. The summed E-state index contributed by atoms with van der Waals surface area (Å²) in [5.74, 6) is -1.71. The third kappa shape index (κ3) is 3.87. The van der Waals surface area contributed by atoms with Crippen LogP contribution in [0, 0.1) is 5.92 Å². The van der Waals surface area contributed by atoms with Gasteiger partial charge in [0.15, 0.2) is 0 Å². The first-order valence-electron chi connectivity index (χ1n) is 9.65. The van der Waals surface area contributed by atoms with E-state index in [4.69, 9.17) is 17.3 Å². The van der Waals surface area contributed by atoms with Gasteiger partial charge in [-0.2, -0.15) is 0 Å². The number of fused-ring (bicyclic) bond motifs is 1. The fourth-order valence-electron chi connectivity index (χ4n) is 3.88. The van der Waals surface area contributed by atoms with E-state index in [1.807, 2.05) is 48.2 Å². The number of hydrogen-bond donors (Lipinski definition) is 1. The largest absolute Gasteiger partial charge is 0.481 e. The van der Waals surface area contributed by atoms with Gasteiger partial charge in [0.05, 0.1) is 10.8 Å². The number of carboxylic acids is 1. The number of carboxylic acid groups (broad SMARTS) is 1. The Bertz CT molecular complexity index is 1080. The number of nitrogens with zero attached hydrogens (tertiary/aromatic N) is 3. The molecule has 0 spiro atoms. The maximum Gasteiger partial charge on any atom is 0.306 e. The molecular weight excluding hydrogens is 422 g/mol. The van der Waals surface area contributed by atoms with E-state index in [1.165, 1.54) is 16.7 Å². The first kappa shape index (κ1) is 20.6. The van der Waals surface area contributed by atoms with E-state index in [2.05, 4.69) is 0 Å². The maximum atomic E-state index is 12.9. The van der Waals surface area contributed by atoms with Gasteiger partial charge in [0, 0.05) is 42.8 Å². The average Bonchev–Trinajstić information content (AvgIpc) is 3.19. The van der Waals surface area contributed by atoms with Crippen molar-refractivity contribution in [3.05, 3.63) is 40.9 Å². The van der Waals surface area contributed by atoms with Crippen molar-refractivity contribution in [3.63, 3.8) is 0 Å². The van der Waals surface area contributed by atoms with Crippen LogP contribution in [0.25, 0.3) is 17.0 Å². The van der Waals surface area contributed by atoms with E-state index >= 15 is 0 Å². The van der Waals surface area contributed by atoms with Crippen LogP contribution in [0.2, 0.25) is 0 Å². The van der Waals surface area contributed by atoms with Gasteiger partial charge in [-0.25, -0.2) is 0 Å². The number of hydrogen-bond acceptors (Lipinski definition) is 5. The summed E-state index contributed by atoms with van der Waals surface area (Å²) in [6, 6.07) is 7.95. The number of amides is 2. The van der Waals surface area contributed by atoms with Gasteiger partial charge < -0.3 is 14.6 Å². The molecule has 2 fully saturated rings. The number of aliphatic carboxylic acids is 1. The maximum absolute atomic E-state index is 12.9. The number of thiocarbonyl (C=S) groups is 1. The van der Waals surface area contributed by atoms with Crippen molar-refractivity contribution in [3.8, 4) is 0 Å². The van der Waals surface area contributed by atoms with Crippen LogP contribution in [-0.4, -0.2) is 61.2 Å². The lowest BCUT2D eigenvalue weighted by Gasteiger charge is -2.31. The van der Waals surface area contributed by atoms with Gasteiger partial charge in [-0.05, 0) is 25.0 Å². The van der Waals surface area contributed by atoms with E-state index < -0.39 is 11.9 Å². The lowest BCUT2D eigenvalue weighted by atomic mass is 9.97. The molecule has 0 unspecified atom stereocenters. The van der Waals surface area contributed by atoms with Crippen LogP contribution in [0.5, 0.6) is 0 Å². The van der Waals surface area contributed by atoms with Crippen LogP contribution in [0.3, 0.4) is 0 Å². The molecule has 1 N–H and O–H groups in total. The van der Waals surface area contributed by atoms with Crippen LogP contribution >= 0.6 is 24.0 Å². The van der Waals surface area contributed by atoms with Gasteiger partial charge in [-0.15, -0.1) is 0 Å². The highest BCUT2D eigenvalue weighted by Gasteiger charge is 2.35. The summed E-state index contributed by atoms with van der Waals surface area (Å²) in [7, 11) is 1.96. The molecule has 0 aliphatic carbocycles. The molecular formula is C21H21N3O4S2. The molecule has 3 heterocycles. The Balaban J connectivity index is 1.47. The molecule has 2 saturated heterocycles. The molecule has 2 amide bonds. The molecule has 2 aromatic rings. The van der Waals surface area contributed by atoms with Crippen molar-refractivity contribution in [2.75, 3.05) is 19.6 Å². The Labute approximate surface area is 183 Å². The van der Waals surface area contributed by atoms with Gasteiger partial charge in [-0.3, -0.25) is 19.3 Å². The van der Waals surface area contributed by atoms with Crippen LogP contribution in [0.4, 0.5) is 0 Å². The van der Waals surface area contributed by atoms with Crippen LogP contribution < -0.4 is 0 Å². The first-order chi connectivity index (χ1) is 14.3. The Kier molecular flexibility index (Phi) is 5.66. The summed E-state index contributed by atoms with van der Waals surface area (Å²) >= 11 is 6.56. The van der Waals surface area contributed by atoms with Crippen molar-refractivity contribution in [1.29, 1.82) is 0 Å². The fraction of sp³-hybridized carbons (Fsp3) is 0.333. The number of carbonyl (C=O) groups is 3. The van der Waals surface area contributed by atoms with Gasteiger partial charge >= 0.3 is 5.97 Å². The number of likely N-dealkylation sites (tertiary alicyclic amines) is 1. The fourth-order valence-corrected chi connectivity index (χ4v) is 5.12. The number of benzene rings is 1. The second kappa shape index (κ2) is 8.23. The number of piperidine rings is 1. The number of rotatable bonds is 4. The smallest absolute Gasteiger partial charge is 0.306 e. The molecule has 0 radical (unpaired) electrons. The lowest BCUT2D eigenvalue weighted by molar-refractivity contribution is -0.146. The molecule has 0 atom stereocenters. The summed E-state index contributed by atoms with van der Waals surface area (Å²) in [5, 5.41) is 10.1. The zero-order chi connectivity index (χ0) is 21.4. The highest BCUT2D eigenvalue weighted by Crippen LogP contribution is 2.34. The van der Waals surface area contributed by atoms with Crippen molar-refractivity contribution in [2.45, 2.75) is 12.8 Å². The molecule has 1 aromatic heterocycles. The van der Waals surface area contributed by atoms with E-state index in [1.54, 1.807) is 4.90 Å². The van der Waals surface area contributed by atoms with Crippen LogP contribution in [-0.2, 0) is 21.4 Å². The Morgan fingerprint density at radius 2 is 1.97 bits per heavy atom. The third-order valence-corrected chi connectivity index (χ3v) is 6.96. The molecule has 4 rings (SSSR count). The quantitative estimate of drug-likeness (QED) is 0.578. The van der Waals surface area contributed by atoms with Crippen molar-refractivity contribution in [1.82, 2.24) is 14.4 Å². The second-order valence-electron chi connectivity index (χ2n) is 7.47. The van der Waals surface area contributed by atoms with Crippen molar-refractivity contribution in [2.24, 2.45) is 13.0 Å². The molecule has 9 heteroatoms. The van der Waals surface area contributed by atoms with Crippen LogP contribution in [0.1, 0.15) is 18.4 Å². The highest BCUT2D eigenvalue weighted by atomic mass is 32.2. The molecule has 0 bridgehead atoms. The summed E-state index contributed by atoms with van der Waals surface area (Å²) in [5.41, 5.74) is 2.00. The number of carbonyl (C=O) groups excluding carboxylic acids is 2. The molecule has 7 nitrogen and oxygen atoms in total. The minimum Gasteiger partial charge on any atom is -0.481 e. The van der Waals surface area contributed by atoms with Gasteiger partial charge in [0.1, 0.15) is 10.9 Å². The van der Waals surface area contributed by atoms with E-state index in [9.17, 15) is 14.4 Å². The molecule has 1 aromatic carbocycles. The van der Waals surface area contributed by atoms with E-state index in [0.29, 0.717) is 35.2 Å². The monoisotopic (exact) mass is 443 g/mol. The molecule has 0 saturated carbocycles. The van der Waals surface area contributed by atoms with Crippen molar-refractivity contribution < 1.29 is 19.5 Å². The zero-order valence-electron chi connectivity index (χ0n) is 16.4. The Morgan fingerprint density at radius 1 is 1.27 bits per heavy atom. The minimum absolute atomic E-state index is 0.116. The van der Waals surface area contributed by atoms with E-state index in [-0.39, 0.29) is 18.4 Å². The Morgan fingerprint density at radius 3 is 2.67 bits per heavy atom. The van der Waals surface area contributed by atoms with Gasteiger partial charge in [0.2, 0.25) is 5.91 Å². The number of para-hydroxylation sites is 1. The summed E-state index contributed by atoms with van der Waals surface area (Å²) in [4.78, 5) is 40.1. The molecule has 2 aliphatic heterocycles. The van der Waals surface area contributed by atoms with Crippen LogP contribution in [0.15, 0.2) is 35.4 Å². The van der Waals surface area contributed by atoms with Gasteiger partial charge in [-0.1, -0.05) is 42.2 Å². The topological polar surface area (TPSA) is 82.8 Å². The Hall–Kier alpha value is -2.65. The minimum atomic E-state index is -0.822. The van der Waals surface area contributed by atoms with E-state index in [0.717, 1.165) is 16.5 Å². The lowest BCUT2D eigenvalue weighted by Crippen LogP contribution is -2.46. The first-order valence-corrected chi connectivity index (χ1v) is 10.9. The summed E-state index contributed by atoms with van der Waals surface area (Å²) in [6.07, 6.45) is 4.65. The molecule has 2 aliphatic rings. The van der Waals surface area contributed by atoms with Crippen molar-refractivity contribution >= 4 is 63.1 Å². The third-order valence-electron chi connectivity index (χ3n) is 5.58. The predicted molar refractivity (Wildman–Crippen MR) is 120 cm³/mol. The predicted octanol–water partition coefficient (Wildman–Crippen LogP) is 2.70. The highest BCUT2D eigenvalue weighted by molar-refractivity contribution is 8.26. The zero-order valence-corrected chi connectivity index (χ0v) is 18.0. The second-order valence-corrected chi connectivity index (χ2v) is 9.15. The summed E-state index contributed by atoms with van der Waals surface area (Å²) < 4.78 is 2.37. The standard InChI is InChI=1S/C21H21N3O4S2/c1-22-11-14(15-4-2-3-5-16(15)22)10-17-19(26)24(21(29)30-17)12-18(25)23-8-6-13(7-9-23)20(27)28/h2-5,10-11,13H,6-9,12H2,1H3,(H,27,28). The average molecular weight is 444 g/mol. The summed E-state index contributed by atoms with van der Waals surface area (Å²) in [6.45, 7) is 0.655. The normalized spacial score (nSPS) is 19.3. The number of aryl methyl sites for hydroxylation is 1. The van der Waals surface area contributed by atoms with Gasteiger partial charge in [0.25, 0.3) is 5.91 Å². The number of aromatic nitrogens is 1. The number of thioether (sulfide) groups is 1. The molecule has 156 valence electrons. The SMILES string of the molecule is Cn1cc(C=C2SC(=S)N(CC(=O)N3CCC(C(=O)O)CC3)C2=O)c2ccccc21.